The summed E-state index contributed by atoms with van der Waals surface area (Å²) in [5.74, 6) is 5.26. The van der Waals surface area contributed by atoms with Gasteiger partial charge in [-0.3, -0.25) is 0 Å². The van der Waals surface area contributed by atoms with Gasteiger partial charge in [0.2, 0.25) is 17.2 Å². The van der Waals surface area contributed by atoms with Crippen molar-refractivity contribution in [3.63, 3.8) is 0 Å². The van der Waals surface area contributed by atoms with Crippen LogP contribution in [-0.2, 0) is 4.74 Å². The summed E-state index contributed by atoms with van der Waals surface area (Å²) in [6.07, 6.45) is 5.19. The molecule has 0 radical (unpaired) electrons. The highest BCUT2D eigenvalue weighted by atomic mass is 35.5. The zero-order valence-corrected chi connectivity index (χ0v) is 12.6. The van der Waals surface area contributed by atoms with Crippen LogP contribution in [0, 0.1) is 12.3 Å². The van der Waals surface area contributed by atoms with E-state index in [9.17, 15) is 0 Å². The highest BCUT2D eigenvalue weighted by Gasteiger charge is 2.15. The first-order chi connectivity index (χ1) is 9.79. The van der Waals surface area contributed by atoms with Crippen LogP contribution in [0.1, 0.15) is 0 Å². The molecule has 8 heteroatoms. The lowest BCUT2D eigenvalue weighted by molar-refractivity contribution is 0.122. The number of hydrogen-bond acceptors (Lipinski definition) is 7. The standard InChI is InChI=1S/C12H16ClN5OS/c1-2-8-20-9-3-14-11-15-10(13)16-12(17-11)18-4-6-19-7-5-18/h1H,3-9H2,(H,14,15,16,17). The summed E-state index contributed by atoms with van der Waals surface area (Å²) in [6.45, 7) is 3.61. The molecular formula is C12H16ClN5OS. The fourth-order valence-electron chi connectivity index (χ4n) is 1.69. The lowest BCUT2D eigenvalue weighted by Gasteiger charge is -2.26. The first kappa shape index (κ1) is 15.2. The van der Waals surface area contributed by atoms with E-state index < -0.39 is 0 Å². The fourth-order valence-corrected chi connectivity index (χ4v) is 2.35. The predicted octanol–water partition coefficient (Wildman–Crippen LogP) is 1.14. The van der Waals surface area contributed by atoms with Crippen molar-refractivity contribution < 1.29 is 4.74 Å². The first-order valence-corrected chi connectivity index (χ1v) is 7.82. The van der Waals surface area contributed by atoms with Crippen molar-refractivity contribution in [3.05, 3.63) is 5.28 Å². The minimum absolute atomic E-state index is 0.195. The quantitative estimate of drug-likeness (QED) is 0.624. The Morgan fingerprint density at radius 2 is 2.15 bits per heavy atom. The van der Waals surface area contributed by atoms with Crippen molar-refractivity contribution in [1.29, 1.82) is 0 Å². The van der Waals surface area contributed by atoms with Gasteiger partial charge in [0.15, 0.2) is 0 Å². The van der Waals surface area contributed by atoms with Gasteiger partial charge >= 0.3 is 0 Å². The molecule has 0 aliphatic carbocycles. The van der Waals surface area contributed by atoms with E-state index in [1.54, 1.807) is 11.8 Å². The SMILES string of the molecule is C#CCSCCNc1nc(Cl)nc(N2CCOCC2)n1. The Morgan fingerprint density at radius 1 is 1.35 bits per heavy atom. The molecule has 0 atom stereocenters. The van der Waals surface area contributed by atoms with E-state index in [1.807, 2.05) is 4.90 Å². The van der Waals surface area contributed by atoms with Crippen molar-refractivity contribution >= 4 is 35.3 Å². The second-order valence-corrected chi connectivity index (χ2v) is 5.45. The maximum absolute atomic E-state index is 5.94. The van der Waals surface area contributed by atoms with Gasteiger partial charge in [-0.2, -0.15) is 15.0 Å². The van der Waals surface area contributed by atoms with Gasteiger partial charge in [-0.15, -0.1) is 18.2 Å². The lowest BCUT2D eigenvalue weighted by Crippen LogP contribution is -2.37. The molecule has 1 N–H and O–H groups in total. The zero-order valence-electron chi connectivity index (χ0n) is 11.0. The van der Waals surface area contributed by atoms with Crippen LogP contribution in [0.25, 0.3) is 0 Å². The van der Waals surface area contributed by atoms with Crippen molar-refractivity contribution in [3.8, 4) is 12.3 Å². The largest absolute Gasteiger partial charge is 0.378 e. The number of morpholine rings is 1. The molecule has 6 nitrogen and oxygen atoms in total. The number of anilines is 2. The second-order valence-electron chi connectivity index (χ2n) is 4.01. The maximum Gasteiger partial charge on any atom is 0.231 e. The predicted molar refractivity (Wildman–Crippen MR) is 82.5 cm³/mol. The molecule has 108 valence electrons. The van der Waals surface area contributed by atoms with E-state index in [0.29, 0.717) is 30.9 Å². The van der Waals surface area contributed by atoms with Gasteiger partial charge in [0.1, 0.15) is 0 Å². The lowest BCUT2D eigenvalue weighted by atomic mass is 10.4. The molecule has 2 rings (SSSR count). The molecule has 2 heterocycles. The normalized spacial score (nSPS) is 14.9. The van der Waals surface area contributed by atoms with Gasteiger partial charge in [-0.05, 0) is 11.6 Å². The number of ether oxygens (including phenoxy) is 1. The number of terminal acetylenes is 1. The smallest absolute Gasteiger partial charge is 0.231 e. The summed E-state index contributed by atoms with van der Waals surface area (Å²) in [5.41, 5.74) is 0. The number of nitrogens with zero attached hydrogens (tertiary/aromatic N) is 4. The second kappa shape index (κ2) is 8.15. The van der Waals surface area contributed by atoms with Crippen LogP contribution in [0.3, 0.4) is 0 Å². The Balaban J connectivity index is 1.92. The Hall–Kier alpha value is -1.23. The average molecular weight is 314 g/mol. The van der Waals surface area contributed by atoms with E-state index in [1.165, 1.54) is 0 Å². The van der Waals surface area contributed by atoms with Crippen molar-refractivity contribution in [2.24, 2.45) is 0 Å². The van der Waals surface area contributed by atoms with Crippen molar-refractivity contribution in [1.82, 2.24) is 15.0 Å². The molecule has 0 spiro atoms. The van der Waals surface area contributed by atoms with Crippen LogP contribution >= 0.6 is 23.4 Å². The third-order valence-electron chi connectivity index (χ3n) is 2.61. The summed E-state index contributed by atoms with van der Waals surface area (Å²) in [4.78, 5) is 14.6. The van der Waals surface area contributed by atoms with E-state index >= 15 is 0 Å². The number of hydrogen-bond donors (Lipinski definition) is 1. The topological polar surface area (TPSA) is 63.2 Å². The summed E-state index contributed by atoms with van der Waals surface area (Å²) >= 11 is 7.62. The molecule has 1 aromatic heterocycles. The van der Waals surface area contributed by atoms with Crippen molar-refractivity contribution in [2.45, 2.75) is 0 Å². The van der Waals surface area contributed by atoms with Crippen molar-refractivity contribution in [2.75, 3.05) is 54.6 Å². The van der Waals surface area contributed by atoms with Crippen LogP contribution in [0.15, 0.2) is 0 Å². The van der Waals surface area contributed by atoms with Crippen LogP contribution in [0.5, 0.6) is 0 Å². The molecule has 0 unspecified atom stereocenters. The van der Waals surface area contributed by atoms with E-state index in [0.717, 1.165) is 25.4 Å². The minimum atomic E-state index is 0.195. The highest BCUT2D eigenvalue weighted by Crippen LogP contribution is 2.15. The van der Waals surface area contributed by atoms with E-state index in [-0.39, 0.29) is 5.28 Å². The Bertz CT molecular complexity index is 475. The van der Waals surface area contributed by atoms with Crippen LogP contribution in [0.4, 0.5) is 11.9 Å². The molecule has 0 bridgehead atoms. The molecule has 1 saturated heterocycles. The monoisotopic (exact) mass is 313 g/mol. The molecule has 1 fully saturated rings. The molecule has 0 aromatic carbocycles. The maximum atomic E-state index is 5.94. The van der Waals surface area contributed by atoms with Gasteiger partial charge in [-0.1, -0.05) is 5.92 Å². The van der Waals surface area contributed by atoms with Gasteiger partial charge in [-0.25, -0.2) is 0 Å². The first-order valence-electron chi connectivity index (χ1n) is 6.29. The van der Waals surface area contributed by atoms with Gasteiger partial charge in [0.25, 0.3) is 0 Å². The third kappa shape index (κ3) is 4.71. The molecule has 1 aromatic rings. The molecule has 0 saturated carbocycles. The summed E-state index contributed by atoms with van der Waals surface area (Å²) in [7, 11) is 0. The summed E-state index contributed by atoms with van der Waals surface area (Å²) in [5, 5.41) is 3.32. The minimum Gasteiger partial charge on any atom is -0.378 e. The summed E-state index contributed by atoms with van der Waals surface area (Å²) in [6, 6.07) is 0. The Labute approximate surface area is 127 Å². The molecule has 20 heavy (non-hydrogen) atoms. The van der Waals surface area contributed by atoms with Gasteiger partial charge in [0, 0.05) is 25.4 Å². The number of thioether (sulfide) groups is 1. The molecular weight excluding hydrogens is 298 g/mol. The Morgan fingerprint density at radius 3 is 2.90 bits per heavy atom. The molecule has 0 amide bonds. The van der Waals surface area contributed by atoms with E-state index in [2.05, 4.69) is 26.2 Å². The number of nitrogens with one attached hydrogen (secondary N) is 1. The van der Waals surface area contributed by atoms with Gasteiger partial charge < -0.3 is 15.0 Å². The molecule has 1 aliphatic heterocycles. The van der Waals surface area contributed by atoms with Crippen LogP contribution in [0.2, 0.25) is 5.28 Å². The zero-order chi connectivity index (χ0) is 14.2. The van der Waals surface area contributed by atoms with E-state index in [4.69, 9.17) is 22.8 Å². The fraction of sp³-hybridized carbons (Fsp3) is 0.583. The average Bonchev–Trinajstić information content (AvgIpc) is 2.47. The van der Waals surface area contributed by atoms with Crippen LogP contribution in [-0.4, -0.2) is 59.3 Å². The highest BCUT2D eigenvalue weighted by molar-refractivity contribution is 7.99. The number of aromatic nitrogens is 3. The van der Waals surface area contributed by atoms with Gasteiger partial charge in [0.05, 0.1) is 19.0 Å². The number of rotatable bonds is 6. The molecule has 1 aliphatic rings. The third-order valence-corrected chi connectivity index (χ3v) is 3.64. The number of halogens is 1. The Kier molecular flexibility index (Phi) is 6.18. The van der Waals surface area contributed by atoms with Crippen LogP contribution < -0.4 is 10.2 Å². The summed E-state index contributed by atoms with van der Waals surface area (Å²) < 4.78 is 5.30.